The Morgan fingerprint density at radius 2 is 2.44 bits per heavy atom. The number of anilines is 1. The number of halogens is 2. The first-order chi connectivity index (χ1) is 8.63. The maximum Gasteiger partial charge on any atom is 0.228 e. The van der Waals surface area contributed by atoms with Crippen molar-refractivity contribution in [3.63, 3.8) is 0 Å². The molecule has 0 saturated carbocycles. The Labute approximate surface area is 106 Å². The first kappa shape index (κ1) is 12.5. The van der Waals surface area contributed by atoms with Crippen LogP contribution in [0.25, 0.3) is 10.4 Å². The number of rotatable bonds is 3. The molecule has 94 valence electrons. The van der Waals surface area contributed by atoms with Crippen molar-refractivity contribution in [1.29, 1.82) is 0 Å². The van der Waals surface area contributed by atoms with Crippen molar-refractivity contribution < 1.29 is 9.18 Å². The quantitative estimate of drug-likeness (QED) is 0.363. The summed E-state index contributed by atoms with van der Waals surface area (Å²) in [6.07, 6.45) is 1.29. The molecule has 1 saturated heterocycles. The number of amides is 1. The summed E-state index contributed by atoms with van der Waals surface area (Å²) in [5, 5.41) is 3.08. The van der Waals surface area contributed by atoms with E-state index in [9.17, 15) is 9.18 Å². The molecule has 0 radical (unpaired) electrons. The van der Waals surface area contributed by atoms with Gasteiger partial charge in [0.25, 0.3) is 0 Å². The van der Waals surface area contributed by atoms with E-state index in [4.69, 9.17) is 17.1 Å². The number of carbonyl (C=O) groups excluding carboxylic acids is 1. The summed E-state index contributed by atoms with van der Waals surface area (Å²) >= 11 is 5.53. The molecule has 0 bridgehead atoms. The SMILES string of the molecule is [N-]=[N+]=NCC1CC(=O)N(c2ncnc(Cl)c2F)C1. The highest BCUT2D eigenvalue weighted by molar-refractivity contribution is 6.29. The standard InChI is InChI=1S/C9H8ClFN6O/c10-8-7(11)9(14-4-13-8)17-3-5(1-6(17)18)2-15-16-12/h4-5H,1-3H2. The Bertz CT molecular complexity index is 532. The number of aromatic nitrogens is 2. The van der Waals surface area contributed by atoms with Gasteiger partial charge in [0.1, 0.15) is 6.33 Å². The molecule has 1 aromatic heterocycles. The minimum absolute atomic E-state index is 0.136. The molecule has 1 aliphatic heterocycles. The van der Waals surface area contributed by atoms with E-state index in [0.717, 1.165) is 6.33 Å². The van der Waals surface area contributed by atoms with E-state index in [0.29, 0.717) is 0 Å². The highest BCUT2D eigenvalue weighted by Gasteiger charge is 2.33. The molecule has 1 aliphatic rings. The van der Waals surface area contributed by atoms with Crippen LogP contribution in [0.1, 0.15) is 6.42 Å². The average Bonchev–Trinajstić information content (AvgIpc) is 2.71. The third kappa shape index (κ3) is 2.34. The van der Waals surface area contributed by atoms with E-state index in [-0.39, 0.29) is 42.3 Å². The van der Waals surface area contributed by atoms with Gasteiger partial charge in [0.05, 0.1) is 0 Å². The fourth-order valence-corrected chi connectivity index (χ4v) is 1.92. The van der Waals surface area contributed by atoms with Crippen LogP contribution in [0.3, 0.4) is 0 Å². The van der Waals surface area contributed by atoms with Gasteiger partial charge in [-0.15, -0.1) is 0 Å². The van der Waals surface area contributed by atoms with E-state index < -0.39 is 5.82 Å². The number of carbonyl (C=O) groups is 1. The zero-order chi connectivity index (χ0) is 13.1. The van der Waals surface area contributed by atoms with Crippen LogP contribution >= 0.6 is 11.6 Å². The number of hydrogen-bond acceptors (Lipinski definition) is 4. The van der Waals surface area contributed by atoms with Gasteiger partial charge in [0, 0.05) is 24.4 Å². The third-order valence-electron chi connectivity index (χ3n) is 2.59. The van der Waals surface area contributed by atoms with Crippen LogP contribution in [0.5, 0.6) is 0 Å². The van der Waals surface area contributed by atoms with Crippen LogP contribution in [0.2, 0.25) is 5.15 Å². The van der Waals surface area contributed by atoms with Crippen molar-refractivity contribution in [2.24, 2.45) is 11.0 Å². The molecule has 1 atom stereocenters. The Morgan fingerprint density at radius 3 is 3.17 bits per heavy atom. The van der Waals surface area contributed by atoms with Gasteiger partial charge in [0.2, 0.25) is 11.7 Å². The summed E-state index contributed by atoms with van der Waals surface area (Å²) in [4.78, 5) is 22.8. The Balaban J connectivity index is 2.21. The molecule has 2 heterocycles. The molecule has 9 heteroatoms. The van der Waals surface area contributed by atoms with Crippen LogP contribution in [-0.2, 0) is 4.79 Å². The van der Waals surface area contributed by atoms with Crippen molar-refractivity contribution in [2.75, 3.05) is 18.0 Å². The molecule has 0 spiro atoms. The van der Waals surface area contributed by atoms with Gasteiger partial charge in [-0.1, -0.05) is 16.7 Å². The number of hydrogen-bond donors (Lipinski definition) is 0. The lowest BCUT2D eigenvalue weighted by atomic mass is 10.1. The van der Waals surface area contributed by atoms with Crippen LogP contribution < -0.4 is 4.90 Å². The lowest BCUT2D eigenvalue weighted by Gasteiger charge is -2.15. The molecule has 0 N–H and O–H groups in total. The summed E-state index contributed by atoms with van der Waals surface area (Å²) in [5.41, 5.74) is 8.22. The van der Waals surface area contributed by atoms with Crippen molar-refractivity contribution in [2.45, 2.75) is 6.42 Å². The second-order valence-corrected chi connectivity index (χ2v) is 4.15. The molecule has 1 unspecified atom stereocenters. The topological polar surface area (TPSA) is 94.9 Å². The zero-order valence-electron chi connectivity index (χ0n) is 9.12. The monoisotopic (exact) mass is 270 g/mol. The predicted octanol–water partition coefficient (Wildman–Crippen LogP) is 1.93. The highest BCUT2D eigenvalue weighted by atomic mass is 35.5. The third-order valence-corrected chi connectivity index (χ3v) is 2.86. The largest absolute Gasteiger partial charge is 0.294 e. The lowest BCUT2D eigenvalue weighted by molar-refractivity contribution is -0.117. The molecular weight excluding hydrogens is 263 g/mol. The minimum atomic E-state index is -0.822. The lowest BCUT2D eigenvalue weighted by Crippen LogP contribution is -2.27. The average molecular weight is 271 g/mol. The van der Waals surface area contributed by atoms with E-state index in [1.807, 2.05) is 0 Å². The van der Waals surface area contributed by atoms with Gasteiger partial charge >= 0.3 is 0 Å². The molecule has 1 amide bonds. The van der Waals surface area contributed by atoms with Gasteiger partial charge in [-0.3, -0.25) is 9.69 Å². The van der Waals surface area contributed by atoms with E-state index in [2.05, 4.69) is 20.0 Å². The molecule has 7 nitrogen and oxygen atoms in total. The van der Waals surface area contributed by atoms with Gasteiger partial charge in [0.15, 0.2) is 11.0 Å². The molecular formula is C9H8ClFN6O. The summed E-state index contributed by atoms with van der Waals surface area (Å²) in [6.45, 7) is 0.446. The summed E-state index contributed by atoms with van der Waals surface area (Å²) < 4.78 is 13.7. The first-order valence-corrected chi connectivity index (χ1v) is 5.48. The highest BCUT2D eigenvalue weighted by Crippen LogP contribution is 2.27. The van der Waals surface area contributed by atoms with E-state index in [1.165, 1.54) is 4.90 Å². The van der Waals surface area contributed by atoms with Crippen molar-refractivity contribution >= 4 is 23.3 Å². The van der Waals surface area contributed by atoms with E-state index >= 15 is 0 Å². The second kappa shape index (κ2) is 5.16. The van der Waals surface area contributed by atoms with Crippen molar-refractivity contribution in [1.82, 2.24) is 9.97 Å². The number of nitrogens with zero attached hydrogens (tertiary/aromatic N) is 6. The van der Waals surface area contributed by atoms with Crippen LogP contribution in [-0.4, -0.2) is 29.0 Å². The smallest absolute Gasteiger partial charge is 0.228 e. The summed E-state index contributed by atoms with van der Waals surface area (Å²) in [6, 6.07) is 0. The van der Waals surface area contributed by atoms with Gasteiger partial charge in [-0.05, 0) is 11.4 Å². The van der Waals surface area contributed by atoms with Crippen LogP contribution in [0.15, 0.2) is 11.4 Å². The van der Waals surface area contributed by atoms with Crippen molar-refractivity contribution in [3.8, 4) is 0 Å². The second-order valence-electron chi connectivity index (χ2n) is 3.79. The maximum atomic E-state index is 13.7. The minimum Gasteiger partial charge on any atom is -0.294 e. The zero-order valence-corrected chi connectivity index (χ0v) is 9.88. The molecule has 1 fully saturated rings. The molecule has 1 aromatic rings. The van der Waals surface area contributed by atoms with Crippen LogP contribution in [0, 0.1) is 11.7 Å². The Hall–Kier alpha value is -1.92. The van der Waals surface area contributed by atoms with Gasteiger partial charge in [-0.2, -0.15) is 4.39 Å². The van der Waals surface area contributed by atoms with Crippen molar-refractivity contribution in [3.05, 3.63) is 27.7 Å². The van der Waals surface area contributed by atoms with Gasteiger partial charge in [-0.25, -0.2) is 9.97 Å². The van der Waals surface area contributed by atoms with Gasteiger partial charge < -0.3 is 0 Å². The van der Waals surface area contributed by atoms with Crippen LogP contribution in [0.4, 0.5) is 10.2 Å². The fourth-order valence-electron chi connectivity index (χ4n) is 1.79. The Kier molecular flexibility index (Phi) is 3.59. The fraction of sp³-hybridized carbons (Fsp3) is 0.444. The first-order valence-electron chi connectivity index (χ1n) is 5.10. The summed E-state index contributed by atoms with van der Waals surface area (Å²) in [5.74, 6) is -1.37. The predicted molar refractivity (Wildman–Crippen MR) is 61.5 cm³/mol. The summed E-state index contributed by atoms with van der Waals surface area (Å²) in [7, 11) is 0. The molecule has 0 aliphatic carbocycles. The Morgan fingerprint density at radius 1 is 1.67 bits per heavy atom. The maximum absolute atomic E-state index is 13.7. The number of azide groups is 1. The normalized spacial score (nSPS) is 18.9. The van der Waals surface area contributed by atoms with E-state index in [1.54, 1.807) is 0 Å². The molecule has 18 heavy (non-hydrogen) atoms. The molecule has 0 aromatic carbocycles. The molecule has 2 rings (SSSR count).